The maximum Gasteiger partial charge on any atom is 0.147 e. The summed E-state index contributed by atoms with van der Waals surface area (Å²) >= 11 is 0. The second-order valence-electron chi connectivity index (χ2n) is 4.68. The van der Waals surface area contributed by atoms with Crippen LogP contribution in [-0.2, 0) is 9.84 Å². The third kappa shape index (κ3) is 4.98. The van der Waals surface area contributed by atoms with Gasteiger partial charge in [0.15, 0.2) is 0 Å². The summed E-state index contributed by atoms with van der Waals surface area (Å²) in [6.07, 6.45) is 5.94. The second-order valence-corrected chi connectivity index (χ2v) is 6.94. The standard InChI is InChI=1S/C11H23NO2S/c1-3-12-9-11-6-4-5-10(11)7-8-15(2,13)14/h10-12H,3-9H2,1-2H3. The van der Waals surface area contributed by atoms with Gasteiger partial charge in [-0.15, -0.1) is 0 Å². The first-order valence-electron chi connectivity index (χ1n) is 5.91. The zero-order valence-electron chi connectivity index (χ0n) is 9.83. The summed E-state index contributed by atoms with van der Waals surface area (Å²) in [4.78, 5) is 0. The summed E-state index contributed by atoms with van der Waals surface area (Å²) in [6, 6.07) is 0. The predicted octanol–water partition coefficient (Wildman–Crippen LogP) is 1.45. The molecule has 0 spiro atoms. The summed E-state index contributed by atoms with van der Waals surface area (Å²) in [5, 5.41) is 3.37. The Morgan fingerprint density at radius 3 is 2.53 bits per heavy atom. The predicted molar refractivity (Wildman–Crippen MR) is 63.7 cm³/mol. The molecular weight excluding hydrogens is 210 g/mol. The fraction of sp³-hybridized carbons (Fsp3) is 1.00. The minimum atomic E-state index is -2.78. The van der Waals surface area contributed by atoms with Crippen molar-refractivity contribution in [1.82, 2.24) is 5.32 Å². The van der Waals surface area contributed by atoms with Gasteiger partial charge in [-0.2, -0.15) is 0 Å². The van der Waals surface area contributed by atoms with Crippen LogP contribution < -0.4 is 5.32 Å². The van der Waals surface area contributed by atoms with Crippen molar-refractivity contribution in [2.45, 2.75) is 32.6 Å². The molecule has 1 fully saturated rings. The Kier molecular flexibility index (Phi) is 5.06. The van der Waals surface area contributed by atoms with Crippen LogP contribution >= 0.6 is 0 Å². The Morgan fingerprint density at radius 1 is 1.27 bits per heavy atom. The molecule has 0 amide bonds. The summed E-state index contributed by atoms with van der Waals surface area (Å²) < 4.78 is 22.2. The molecule has 1 rings (SSSR count). The molecule has 1 aliphatic rings. The normalized spacial score (nSPS) is 27.1. The van der Waals surface area contributed by atoms with Gasteiger partial charge in [-0.25, -0.2) is 8.42 Å². The van der Waals surface area contributed by atoms with Crippen LogP contribution in [-0.4, -0.2) is 33.5 Å². The van der Waals surface area contributed by atoms with Gasteiger partial charge in [-0.1, -0.05) is 19.8 Å². The van der Waals surface area contributed by atoms with E-state index in [0.717, 1.165) is 19.5 Å². The van der Waals surface area contributed by atoms with Crippen molar-refractivity contribution in [1.29, 1.82) is 0 Å². The first kappa shape index (κ1) is 13.0. The lowest BCUT2D eigenvalue weighted by atomic mass is 9.93. The van der Waals surface area contributed by atoms with Crippen molar-refractivity contribution in [2.24, 2.45) is 11.8 Å². The quantitative estimate of drug-likeness (QED) is 0.755. The first-order valence-corrected chi connectivity index (χ1v) is 7.97. The molecule has 0 heterocycles. The van der Waals surface area contributed by atoms with Crippen molar-refractivity contribution in [2.75, 3.05) is 25.1 Å². The van der Waals surface area contributed by atoms with Crippen LogP contribution in [0, 0.1) is 11.8 Å². The zero-order chi connectivity index (χ0) is 11.3. The van der Waals surface area contributed by atoms with Crippen LogP contribution in [0.1, 0.15) is 32.6 Å². The van der Waals surface area contributed by atoms with Gasteiger partial charge in [0, 0.05) is 6.26 Å². The summed E-state index contributed by atoms with van der Waals surface area (Å²) in [5.41, 5.74) is 0. The molecule has 1 N–H and O–H groups in total. The Bertz CT molecular complexity index is 274. The molecule has 0 saturated heterocycles. The highest BCUT2D eigenvalue weighted by molar-refractivity contribution is 7.90. The minimum Gasteiger partial charge on any atom is -0.317 e. The number of hydrogen-bond donors (Lipinski definition) is 1. The van der Waals surface area contributed by atoms with E-state index in [2.05, 4.69) is 12.2 Å². The molecule has 0 aromatic heterocycles. The van der Waals surface area contributed by atoms with Crippen LogP contribution in [0.2, 0.25) is 0 Å². The zero-order valence-corrected chi connectivity index (χ0v) is 10.6. The van der Waals surface area contributed by atoms with Gasteiger partial charge in [0.05, 0.1) is 5.75 Å². The summed E-state index contributed by atoms with van der Waals surface area (Å²) in [6.45, 7) is 4.18. The van der Waals surface area contributed by atoms with Crippen molar-refractivity contribution in [3.05, 3.63) is 0 Å². The van der Waals surface area contributed by atoms with E-state index in [1.807, 2.05) is 0 Å². The molecule has 2 unspecified atom stereocenters. The molecule has 0 bridgehead atoms. The highest BCUT2D eigenvalue weighted by atomic mass is 32.2. The van der Waals surface area contributed by atoms with Crippen LogP contribution in [0.25, 0.3) is 0 Å². The van der Waals surface area contributed by atoms with Gasteiger partial charge in [-0.05, 0) is 37.8 Å². The Hall–Kier alpha value is -0.0900. The molecule has 0 aromatic carbocycles. The lowest BCUT2D eigenvalue weighted by molar-refractivity contribution is 0.361. The highest BCUT2D eigenvalue weighted by Gasteiger charge is 2.27. The molecule has 4 heteroatoms. The number of rotatable bonds is 6. The summed E-state index contributed by atoms with van der Waals surface area (Å²) in [5.74, 6) is 1.69. The molecule has 3 nitrogen and oxygen atoms in total. The molecular formula is C11H23NO2S. The number of nitrogens with one attached hydrogen (secondary N) is 1. The third-order valence-corrected chi connectivity index (χ3v) is 4.31. The van der Waals surface area contributed by atoms with Crippen molar-refractivity contribution in [3.8, 4) is 0 Å². The maximum atomic E-state index is 11.1. The minimum absolute atomic E-state index is 0.361. The average Bonchev–Trinajstić information content (AvgIpc) is 2.57. The van der Waals surface area contributed by atoms with E-state index in [1.54, 1.807) is 0 Å². The maximum absolute atomic E-state index is 11.1. The first-order chi connectivity index (χ1) is 7.03. The molecule has 2 atom stereocenters. The average molecular weight is 233 g/mol. The van der Waals surface area contributed by atoms with E-state index in [4.69, 9.17) is 0 Å². The Morgan fingerprint density at radius 2 is 1.93 bits per heavy atom. The monoisotopic (exact) mass is 233 g/mol. The molecule has 15 heavy (non-hydrogen) atoms. The van der Waals surface area contributed by atoms with Crippen molar-refractivity contribution in [3.63, 3.8) is 0 Å². The van der Waals surface area contributed by atoms with Gasteiger partial charge in [-0.3, -0.25) is 0 Å². The molecule has 90 valence electrons. The van der Waals surface area contributed by atoms with E-state index in [-0.39, 0.29) is 0 Å². The van der Waals surface area contributed by atoms with Gasteiger partial charge in [0.2, 0.25) is 0 Å². The topological polar surface area (TPSA) is 46.2 Å². The lowest BCUT2D eigenvalue weighted by Gasteiger charge is -2.19. The second kappa shape index (κ2) is 5.85. The van der Waals surface area contributed by atoms with Gasteiger partial charge >= 0.3 is 0 Å². The van der Waals surface area contributed by atoms with Gasteiger partial charge in [0.25, 0.3) is 0 Å². The lowest BCUT2D eigenvalue weighted by Crippen LogP contribution is -2.26. The van der Waals surface area contributed by atoms with Crippen LogP contribution in [0.4, 0.5) is 0 Å². The smallest absolute Gasteiger partial charge is 0.147 e. The van der Waals surface area contributed by atoms with E-state index in [1.165, 1.54) is 25.5 Å². The fourth-order valence-corrected chi connectivity index (χ4v) is 3.19. The summed E-state index contributed by atoms with van der Waals surface area (Å²) in [7, 11) is -2.78. The third-order valence-electron chi connectivity index (χ3n) is 3.33. The Labute approximate surface area is 93.6 Å². The van der Waals surface area contributed by atoms with Crippen LogP contribution in [0.3, 0.4) is 0 Å². The molecule has 0 aromatic rings. The number of hydrogen-bond acceptors (Lipinski definition) is 3. The van der Waals surface area contributed by atoms with Crippen LogP contribution in [0.15, 0.2) is 0 Å². The van der Waals surface area contributed by atoms with E-state index in [0.29, 0.717) is 17.6 Å². The largest absolute Gasteiger partial charge is 0.317 e. The van der Waals surface area contributed by atoms with Gasteiger partial charge in [0.1, 0.15) is 9.84 Å². The highest BCUT2D eigenvalue weighted by Crippen LogP contribution is 2.33. The molecule has 0 aliphatic heterocycles. The van der Waals surface area contributed by atoms with Crippen LogP contribution in [0.5, 0.6) is 0 Å². The van der Waals surface area contributed by atoms with Gasteiger partial charge < -0.3 is 5.32 Å². The number of sulfone groups is 1. The van der Waals surface area contributed by atoms with Crippen molar-refractivity contribution < 1.29 is 8.42 Å². The molecule has 0 radical (unpaired) electrons. The molecule has 1 aliphatic carbocycles. The molecule has 1 saturated carbocycles. The van der Waals surface area contributed by atoms with Crippen molar-refractivity contribution >= 4 is 9.84 Å². The van der Waals surface area contributed by atoms with E-state index in [9.17, 15) is 8.42 Å². The fourth-order valence-electron chi connectivity index (χ4n) is 2.46. The van der Waals surface area contributed by atoms with E-state index < -0.39 is 9.84 Å². The Balaban J connectivity index is 2.33. The van der Waals surface area contributed by atoms with E-state index >= 15 is 0 Å². The SMILES string of the molecule is CCNCC1CCCC1CCS(C)(=O)=O.